The third-order valence-electron chi connectivity index (χ3n) is 2.80. The molecule has 1 heterocycles. The van der Waals surface area contributed by atoms with E-state index in [4.69, 9.17) is 10.6 Å². The summed E-state index contributed by atoms with van der Waals surface area (Å²) in [6.07, 6.45) is 1.37. The van der Waals surface area contributed by atoms with Crippen LogP contribution in [0.4, 0.5) is 17.3 Å². The van der Waals surface area contributed by atoms with Crippen LogP contribution in [0.5, 0.6) is 5.75 Å². The molecule has 0 unspecified atom stereocenters. The average Bonchev–Trinajstić information content (AvgIpc) is 2.47. The number of aromatic nitrogens is 2. The summed E-state index contributed by atoms with van der Waals surface area (Å²) < 4.78 is 5.74. The number of benzene rings is 1. The molecule has 0 fully saturated rings. The standard InChI is InChI=1S/C12H13N5O4/c1-7-6-14-12(16(13)11(7)18)15-8-3-4-10(21-2)9(5-8)17(19)20/h3-6H,13H2,1-2H3,(H,14,15). The van der Waals surface area contributed by atoms with Crippen LogP contribution in [0, 0.1) is 17.0 Å². The molecule has 110 valence electrons. The fourth-order valence-electron chi connectivity index (χ4n) is 1.69. The van der Waals surface area contributed by atoms with E-state index in [1.807, 2.05) is 0 Å². The number of rotatable bonds is 4. The van der Waals surface area contributed by atoms with Crippen LogP contribution in [0.3, 0.4) is 0 Å². The van der Waals surface area contributed by atoms with Gasteiger partial charge in [-0.1, -0.05) is 0 Å². The highest BCUT2D eigenvalue weighted by Gasteiger charge is 2.16. The minimum absolute atomic E-state index is 0.0741. The van der Waals surface area contributed by atoms with Gasteiger partial charge in [0.1, 0.15) is 0 Å². The minimum Gasteiger partial charge on any atom is -0.490 e. The van der Waals surface area contributed by atoms with Crippen molar-refractivity contribution in [1.29, 1.82) is 0 Å². The molecule has 0 aliphatic rings. The highest BCUT2D eigenvalue weighted by Crippen LogP contribution is 2.30. The van der Waals surface area contributed by atoms with Gasteiger partial charge in [-0.05, 0) is 19.1 Å². The van der Waals surface area contributed by atoms with Crippen molar-refractivity contribution in [3.8, 4) is 5.75 Å². The van der Waals surface area contributed by atoms with Crippen molar-refractivity contribution in [3.63, 3.8) is 0 Å². The van der Waals surface area contributed by atoms with E-state index in [0.717, 1.165) is 4.68 Å². The van der Waals surface area contributed by atoms with Gasteiger partial charge in [-0.2, -0.15) is 4.68 Å². The Kier molecular flexibility index (Phi) is 3.74. The molecular weight excluding hydrogens is 278 g/mol. The molecule has 2 aromatic rings. The normalized spacial score (nSPS) is 10.2. The number of aryl methyl sites for hydroxylation is 1. The third kappa shape index (κ3) is 2.76. The summed E-state index contributed by atoms with van der Waals surface area (Å²) in [6.45, 7) is 1.58. The second-order valence-electron chi connectivity index (χ2n) is 4.21. The van der Waals surface area contributed by atoms with Crippen molar-refractivity contribution in [2.24, 2.45) is 0 Å². The van der Waals surface area contributed by atoms with E-state index in [9.17, 15) is 14.9 Å². The number of hydrogen-bond acceptors (Lipinski definition) is 7. The first-order valence-electron chi connectivity index (χ1n) is 5.87. The predicted octanol–water partition coefficient (Wildman–Crippen LogP) is 0.926. The summed E-state index contributed by atoms with van der Waals surface area (Å²) in [7, 11) is 1.34. The maximum atomic E-state index is 11.7. The lowest BCUT2D eigenvalue weighted by atomic mass is 10.2. The zero-order valence-corrected chi connectivity index (χ0v) is 11.4. The zero-order valence-electron chi connectivity index (χ0n) is 11.4. The van der Waals surface area contributed by atoms with Crippen LogP contribution < -0.4 is 21.5 Å². The van der Waals surface area contributed by atoms with Crippen LogP contribution in [-0.2, 0) is 0 Å². The number of nitrogens with one attached hydrogen (secondary N) is 1. The number of nitro groups is 1. The molecule has 0 aliphatic heterocycles. The molecule has 1 aromatic carbocycles. The number of methoxy groups -OCH3 is 1. The van der Waals surface area contributed by atoms with Crippen molar-refractivity contribution >= 4 is 17.3 Å². The first-order valence-corrected chi connectivity index (χ1v) is 5.87. The predicted molar refractivity (Wildman–Crippen MR) is 76.3 cm³/mol. The van der Waals surface area contributed by atoms with E-state index in [-0.39, 0.29) is 17.4 Å². The molecule has 1 aromatic heterocycles. The Morgan fingerprint density at radius 2 is 2.19 bits per heavy atom. The number of nitrogens with zero attached hydrogens (tertiary/aromatic N) is 3. The molecule has 21 heavy (non-hydrogen) atoms. The number of nitrogens with two attached hydrogens (primary N) is 1. The van der Waals surface area contributed by atoms with Crippen LogP contribution in [0.1, 0.15) is 5.56 Å². The highest BCUT2D eigenvalue weighted by molar-refractivity contribution is 5.62. The lowest BCUT2D eigenvalue weighted by Gasteiger charge is -2.10. The number of nitro benzene ring substituents is 1. The quantitative estimate of drug-likeness (QED) is 0.487. The Morgan fingerprint density at radius 3 is 2.81 bits per heavy atom. The van der Waals surface area contributed by atoms with Gasteiger partial charge in [-0.3, -0.25) is 14.9 Å². The SMILES string of the molecule is COc1ccc(Nc2ncc(C)c(=O)n2N)cc1[N+](=O)[O-]. The van der Waals surface area contributed by atoms with Gasteiger partial charge in [0.05, 0.1) is 12.0 Å². The molecule has 0 amide bonds. The fraction of sp³-hybridized carbons (Fsp3) is 0.167. The smallest absolute Gasteiger partial charge is 0.312 e. The Bertz CT molecular complexity index is 756. The van der Waals surface area contributed by atoms with Crippen molar-refractivity contribution in [2.45, 2.75) is 6.92 Å². The summed E-state index contributed by atoms with van der Waals surface area (Å²) in [5, 5.41) is 13.7. The van der Waals surface area contributed by atoms with Crippen molar-refractivity contribution in [2.75, 3.05) is 18.3 Å². The molecule has 0 atom stereocenters. The Balaban J connectivity index is 2.41. The van der Waals surface area contributed by atoms with Gasteiger partial charge < -0.3 is 15.9 Å². The molecule has 0 saturated heterocycles. The molecule has 0 aliphatic carbocycles. The monoisotopic (exact) mass is 291 g/mol. The van der Waals surface area contributed by atoms with Crippen molar-refractivity contribution in [3.05, 3.63) is 50.4 Å². The summed E-state index contributed by atoms with van der Waals surface area (Å²) >= 11 is 0. The topological polar surface area (TPSA) is 125 Å². The van der Waals surface area contributed by atoms with E-state index >= 15 is 0 Å². The van der Waals surface area contributed by atoms with Gasteiger partial charge >= 0.3 is 5.69 Å². The number of nitrogen functional groups attached to an aromatic ring is 1. The van der Waals surface area contributed by atoms with Gasteiger partial charge in [-0.15, -0.1) is 0 Å². The Morgan fingerprint density at radius 1 is 1.48 bits per heavy atom. The largest absolute Gasteiger partial charge is 0.490 e. The lowest BCUT2D eigenvalue weighted by Crippen LogP contribution is -2.31. The van der Waals surface area contributed by atoms with E-state index < -0.39 is 10.5 Å². The van der Waals surface area contributed by atoms with Gasteiger partial charge in [0.15, 0.2) is 5.75 Å². The summed E-state index contributed by atoms with van der Waals surface area (Å²) in [4.78, 5) is 26.0. The molecule has 3 N–H and O–H groups in total. The number of hydrogen-bond donors (Lipinski definition) is 2. The lowest BCUT2D eigenvalue weighted by molar-refractivity contribution is -0.385. The van der Waals surface area contributed by atoms with Crippen molar-refractivity contribution in [1.82, 2.24) is 9.66 Å². The van der Waals surface area contributed by atoms with Gasteiger partial charge in [0.2, 0.25) is 5.95 Å². The van der Waals surface area contributed by atoms with Gasteiger partial charge in [0, 0.05) is 23.5 Å². The summed E-state index contributed by atoms with van der Waals surface area (Å²) in [5.41, 5.74) is 0.136. The number of ether oxygens (including phenoxy) is 1. The fourth-order valence-corrected chi connectivity index (χ4v) is 1.69. The maximum absolute atomic E-state index is 11.7. The number of anilines is 2. The van der Waals surface area contributed by atoms with Gasteiger partial charge in [0.25, 0.3) is 5.56 Å². The molecule has 2 rings (SSSR count). The molecule has 9 heteroatoms. The second kappa shape index (κ2) is 5.49. The van der Waals surface area contributed by atoms with Crippen LogP contribution in [0.2, 0.25) is 0 Å². The first kappa shape index (κ1) is 14.3. The molecule has 0 bridgehead atoms. The summed E-state index contributed by atoms with van der Waals surface area (Å²) in [6, 6.07) is 4.26. The van der Waals surface area contributed by atoms with Crippen LogP contribution in [-0.4, -0.2) is 21.7 Å². The van der Waals surface area contributed by atoms with E-state index in [1.165, 1.54) is 25.4 Å². The van der Waals surface area contributed by atoms with E-state index in [1.54, 1.807) is 13.0 Å². The molecule has 0 spiro atoms. The molecule has 0 radical (unpaired) electrons. The molecule has 0 saturated carbocycles. The van der Waals surface area contributed by atoms with Gasteiger partial charge in [-0.25, -0.2) is 4.98 Å². The first-order chi connectivity index (χ1) is 9.93. The van der Waals surface area contributed by atoms with Crippen LogP contribution in [0.25, 0.3) is 0 Å². The maximum Gasteiger partial charge on any atom is 0.312 e. The minimum atomic E-state index is -0.567. The Labute approximate surface area is 119 Å². The van der Waals surface area contributed by atoms with Crippen LogP contribution >= 0.6 is 0 Å². The Hall–Kier alpha value is -3.10. The zero-order chi connectivity index (χ0) is 15.6. The van der Waals surface area contributed by atoms with E-state index in [2.05, 4.69) is 10.3 Å². The average molecular weight is 291 g/mol. The summed E-state index contributed by atoms with van der Waals surface area (Å²) in [5.74, 6) is 5.81. The van der Waals surface area contributed by atoms with E-state index in [0.29, 0.717) is 11.3 Å². The highest BCUT2D eigenvalue weighted by atomic mass is 16.6. The van der Waals surface area contributed by atoms with Crippen LogP contribution in [0.15, 0.2) is 29.2 Å². The van der Waals surface area contributed by atoms with Crippen molar-refractivity contribution < 1.29 is 9.66 Å². The molecular formula is C12H13N5O4. The second-order valence-corrected chi connectivity index (χ2v) is 4.21. The molecule has 9 nitrogen and oxygen atoms in total. The third-order valence-corrected chi connectivity index (χ3v) is 2.80.